The normalized spacial score (nSPS) is 39.0. The molecule has 0 aromatic rings. The molecule has 1 aliphatic heterocycles. The van der Waals surface area contributed by atoms with Crippen molar-refractivity contribution in [1.82, 2.24) is 0 Å². The van der Waals surface area contributed by atoms with E-state index in [1.807, 2.05) is 13.8 Å². The van der Waals surface area contributed by atoms with E-state index in [2.05, 4.69) is 0 Å². The van der Waals surface area contributed by atoms with Crippen LogP contribution in [0.5, 0.6) is 0 Å². The van der Waals surface area contributed by atoms with Crippen LogP contribution < -0.4 is 0 Å². The van der Waals surface area contributed by atoms with E-state index >= 15 is 0 Å². The molecule has 66 valence electrons. The van der Waals surface area contributed by atoms with Crippen LogP contribution in [0.25, 0.3) is 0 Å². The Hall–Kier alpha value is -0.120. The number of aliphatic hydroxyl groups excluding tert-OH is 1. The second-order valence-corrected chi connectivity index (χ2v) is 2.87. The van der Waals surface area contributed by atoms with Crippen molar-refractivity contribution in [2.45, 2.75) is 45.2 Å². The zero-order valence-corrected chi connectivity index (χ0v) is 7.12. The van der Waals surface area contributed by atoms with Crippen molar-refractivity contribution >= 4 is 0 Å². The molecule has 1 fully saturated rings. The Balaban J connectivity index is 2.28. The van der Waals surface area contributed by atoms with E-state index in [1.54, 1.807) is 0 Å². The number of ether oxygens (including phenoxy) is 2. The minimum atomic E-state index is -0.313. The monoisotopic (exact) mass is 160 g/mol. The molecule has 0 bridgehead atoms. The lowest BCUT2D eigenvalue weighted by molar-refractivity contribution is -0.215. The Morgan fingerprint density at radius 1 is 1.55 bits per heavy atom. The van der Waals surface area contributed by atoms with Crippen LogP contribution in [-0.4, -0.2) is 30.2 Å². The van der Waals surface area contributed by atoms with Gasteiger partial charge in [0.2, 0.25) is 0 Å². The maximum Gasteiger partial charge on any atom is 0.158 e. The Kier molecular flexibility index (Phi) is 3.30. The Labute approximate surface area is 67.3 Å². The van der Waals surface area contributed by atoms with Crippen LogP contribution >= 0.6 is 0 Å². The molecular formula is C8H16O3. The third-order valence-electron chi connectivity index (χ3n) is 1.96. The number of hydrogen-bond acceptors (Lipinski definition) is 3. The van der Waals surface area contributed by atoms with Gasteiger partial charge in [-0.3, -0.25) is 0 Å². The molecule has 1 saturated heterocycles. The first kappa shape index (κ1) is 8.97. The van der Waals surface area contributed by atoms with Gasteiger partial charge in [-0.15, -0.1) is 0 Å². The summed E-state index contributed by atoms with van der Waals surface area (Å²) in [5.41, 5.74) is 0. The molecule has 0 amide bonds. The third kappa shape index (κ3) is 2.43. The molecule has 0 spiro atoms. The molecule has 0 aromatic heterocycles. The van der Waals surface area contributed by atoms with Gasteiger partial charge < -0.3 is 14.6 Å². The predicted molar refractivity (Wildman–Crippen MR) is 41.2 cm³/mol. The summed E-state index contributed by atoms with van der Waals surface area (Å²) < 4.78 is 10.6. The molecular weight excluding hydrogens is 144 g/mol. The van der Waals surface area contributed by atoms with Crippen LogP contribution in [0.15, 0.2) is 0 Å². The van der Waals surface area contributed by atoms with E-state index < -0.39 is 0 Å². The van der Waals surface area contributed by atoms with Crippen molar-refractivity contribution in [3.05, 3.63) is 0 Å². The topological polar surface area (TPSA) is 38.7 Å². The predicted octanol–water partition coefficient (Wildman–Crippen LogP) is 0.909. The van der Waals surface area contributed by atoms with Gasteiger partial charge in [0.15, 0.2) is 6.29 Å². The molecule has 0 aromatic carbocycles. The molecule has 1 N–H and O–H groups in total. The summed E-state index contributed by atoms with van der Waals surface area (Å²) in [6.45, 7) is 4.49. The molecule has 3 nitrogen and oxygen atoms in total. The van der Waals surface area contributed by atoms with Crippen molar-refractivity contribution in [2.24, 2.45) is 0 Å². The second-order valence-electron chi connectivity index (χ2n) is 2.87. The van der Waals surface area contributed by atoms with E-state index in [-0.39, 0.29) is 18.5 Å². The quantitative estimate of drug-likeness (QED) is 0.652. The summed E-state index contributed by atoms with van der Waals surface area (Å²) in [6.07, 6.45) is 1.09. The van der Waals surface area contributed by atoms with Gasteiger partial charge in [-0.2, -0.15) is 0 Å². The van der Waals surface area contributed by atoms with Crippen LogP contribution in [0, 0.1) is 0 Å². The number of aliphatic hydroxyl groups is 1. The standard InChI is InChI=1S/C8H16O3/c1-3-10-8-5-4-7(9)6(2)11-8/h6-9H,3-5H2,1-2H3/t6-,7+,8+/m1/s1. The molecule has 1 heterocycles. The minimum Gasteiger partial charge on any atom is -0.390 e. The largest absolute Gasteiger partial charge is 0.390 e. The smallest absolute Gasteiger partial charge is 0.158 e. The summed E-state index contributed by atoms with van der Waals surface area (Å²) in [5.74, 6) is 0. The first-order chi connectivity index (χ1) is 5.24. The minimum absolute atomic E-state index is 0.0831. The second kappa shape index (κ2) is 4.04. The van der Waals surface area contributed by atoms with Crippen molar-refractivity contribution < 1.29 is 14.6 Å². The fourth-order valence-corrected chi connectivity index (χ4v) is 1.25. The fourth-order valence-electron chi connectivity index (χ4n) is 1.25. The summed E-state index contributed by atoms with van der Waals surface area (Å²) in [6, 6.07) is 0. The molecule has 1 aliphatic rings. The van der Waals surface area contributed by atoms with Crippen LogP contribution in [0.3, 0.4) is 0 Å². The molecule has 3 heteroatoms. The SMILES string of the molecule is CCO[C@@H]1CC[C@H](O)[C@@H](C)O1. The lowest BCUT2D eigenvalue weighted by atomic mass is 10.1. The van der Waals surface area contributed by atoms with Gasteiger partial charge in [-0.25, -0.2) is 0 Å². The van der Waals surface area contributed by atoms with Crippen LogP contribution in [0.4, 0.5) is 0 Å². The van der Waals surface area contributed by atoms with E-state index in [0.29, 0.717) is 6.61 Å². The van der Waals surface area contributed by atoms with Gasteiger partial charge in [0.25, 0.3) is 0 Å². The van der Waals surface area contributed by atoms with Crippen molar-refractivity contribution in [1.29, 1.82) is 0 Å². The Bertz CT molecular complexity index is 116. The molecule has 3 atom stereocenters. The molecule has 0 radical (unpaired) electrons. The van der Waals surface area contributed by atoms with Gasteiger partial charge in [-0.05, 0) is 20.3 Å². The number of rotatable bonds is 2. The number of hydrogen-bond donors (Lipinski definition) is 1. The van der Waals surface area contributed by atoms with Gasteiger partial charge in [0.05, 0.1) is 12.2 Å². The fraction of sp³-hybridized carbons (Fsp3) is 1.00. The van der Waals surface area contributed by atoms with Crippen molar-refractivity contribution in [2.75, 3.05) is 6.61 Å². The van der Waals surface area contributed by atoms with Crippen molar-refractivity contribution in [3.8, 4) is 0 Å². The van der Waals surface area contributed by atoms with Crippen molar-refractivity contribution in [3.63, 3.8) is 0 Å². The van der Waals surface area contributed by atoms with Gasteiger partial charge in [0.1, 0.15) is 0 Å². The molecule has 0 aliphatic carbocycles. The van der Waals surface area contributed by atoms with E-state index in [4.69, 9.17) is 9.47 Å². The van der Waals surface area contributed by atoms with Crippen LogP contribution in [0.2, 0.25) is 0 Å². The highest BCUT2D eigenvalue weighted by Crippen LogP contribution is 2.19. The van der Waals surface area contributed by atoms with Gasteiger partial charge in [0, 0.05) is 13.0 Å². The Morgan fingerprint density at radius 2 is 2.27 bits per heavy atom. The highest BCUT2D eigenvalue weighted by molar-refractivity contribution is 4.70. The average Bonchev–Trinajstić information content (AvgIpc) is 1.98. The molecule has 0 unspecified atom stereocenters. The molecule has 11 heavy (non-hydrogen) atoms. The highest BCUT2D eigenvalue weighted by Gasteiger charge is 2.26. The Morgan fingerprint density at radius 3 is 2.82 bits per heavy atom. The van der Waals surface area contributed by atoms with Crippen LogP contribution in [-0.2, 0) is 9.47 Å². The van der Waals surface area contributed by atoms with E-state index in [0.717, 1.165) is 12.8 Å². The first-order valence-electron chi connectivity index (χ1n) is 4.19. The zero-order valence-electron chi connectivity index (χ0n) is 7.12. The molecule has 0 saturated carbocycles. The van der Waals surface area contributed by atoms with Gasteiger partial charge >= 0.3 is 0 Å². The van der Waals surface area contributed by atoms with E-state index in [1.165, 1.54) is 0 Å². The maximum atomic E-state index is 9.28. The van der Waals surface area contributed by atoms with Crippen LogP contribution in [0.1, 0.15) is 26.7 Å². The third-order valence-corrected chi connectivity index (χ3v) is 1.96. The average molecular weight is 160 g/mol. The first-order valence-corrected chi connectivity index (χ1v) is 4.19. The summed E-state index contributed by atoms with van der Waals surface area (Å²) in [4.78, 5) is 0. The van der Waals surface area contributed by atoms with Gasteiger partial charge in [-0.1, -0.05) is 0 Å². The summed E-state index contributed by atoms with van der Waals surface area (Å²) in [7, 11) is 0. The lowest BCUT2D eigenvalue weighted by Gasteiger charge is -2.31. The maximum absolute atomic E-state index is 9.28. The van der Waals surface area contributed by atoms with E-state index in [9.17, 15) is 5.11 Å². The summed E-state index contributed by atoms with van der Waals surface area (Å²) in [5, 5.41) is 9.28. The summed E-state index contributed by atoms with van der Waals surface area (Å²) >= 11 is 0. The zero-order chi connectivity index (χ0) is 8.27. The molecule has 1 rings (SSSR count). The highest BCUT2D eigenvalue weighted by atomic mass is 16.7. The lowest BCUT2D eigenvalue weighted by Crippen LogP contribution is -2.37.